The lowest BCUT2D eigenvalue weighted by molar-refractivity contribution is -0.119. The zero-order chi connectivity index (χ0) is 27.4. The van der Waals surface area contributed by atoms with Crippen LogP contribution in [-0.4, -0.2) is 49.5 Å². The van der Waals surface area contributed by atoms with E-state index in [1.165, 1.54) is 20.1 Å². The Kier molecular flexibility index (Phi) is 7.85. The van der Waals surface area contributed by atoms with Crippen molar-refractivity contribution in [3.05, 3.63) is 57.9 Å². The average Bonchev–Trinajstić information content (AvgIpc) is 3.15. The number of carbonyl (C=O) groups excluding carboxylic acids is 2. The lowest BCUT2D eigenvalue weighted by atomic mass is 9.95. The van der Waals surface area contributed by atoms with Crippen molar-refractivity contribution in [2.75, 3.05) is 38.5 Å². The molecule has 11 heteroatoms. The smallest absolute Gasteiger partial charge is 0.244 e. The first kappa shape index (κ1) is 26.5. The first-order valence-electron chi connectivity index (χ1n) is 12.1. The molecular weight excluding hydrogens is 490 g/mol. The molecular formula is C27H31N5O6. The van der Waals surface area contributed by atoms with Gasteiger partial charge in [0.05, 0.1) is 39.6 Å². The number of benzene rings is 1. The van der Waals surface area contributed by atoms with Crippen LogP contribution in [0.2, 0.25) is 0 Å². The van der Waals surface area contributed by atoms with Gasteiger partial charge in [0.25, 0.3) is 0 Å². The number of amides is 2. The summed E-state index contributed by atoms with van der Waals surface area (Å²) in [4.78, 5) is 37.8. The van der Waals surface area contributed by atoms with Gasteiger partial charge in [0.1, 0.15) is 0 Å². The van der Waals surface area contributed by atoms with Crippen LogP contribution in [0, 0.1) is 0 Å². The first-order valence-corrected chi connectivity index (χ1v) is 12.1. The molecule has 0 fully saturated rings. The number of carbonyl (C=O) groups is 2. The molecule has 2 amide bonds. The Morgan fingerprint density at radius 1 is 1.08 bits per heavy atom. The Morgan fingerprint density at radius 2 is 1.84 bits per heavy atom. The molecule has 0 radical (unpaired) electrons. The third-order valence-electron chi connectivity index (χ3n) is 6.34. The van der Waals surface area contributed by atoms with Gasteiger partial charge in [-0.2, -0.15) is 5.10 Å². The molecule has 4 rings (SSSR count). The summed E-state index contributed by atoms with van der Waals surface area (Å²) in [5.41, 5.74) is 2.93. The SMILES string of the molecule is COc1cc2c(c(OC)c1OC)-c1ccc(NCC(=O)Nc3ccn(C)n3)c(=O)cc1[C@@H](NC(C)=O)CC2. The van der Waals surface area contributed by atoms with E-state index in [4.69, 9.17) is 14.2 Å². The van der Waals surface area contributed by atoms with Gasteiger partial charge < -0.3 is 30.2 Å². The number of aryl methyl sites for hydroxylation is 2. The number of hydrogen-bond acceptors (Lipinski definition) is 8. The number of ether oxygens (including phenoxy) is 3. The Hall–Kier alpha value is -4.54. The van der Waals surface area contributed by atoms with Gasteiger partial charge in [-0.3, -0.25) is 19.1 Å². The van der Waals surface area contributed by atoms with Crippen molar-refractivity contribution in [1.29, 1.82) is 0 Å². The minimum Gasteiger partial charge on any atom is -0.493 e. The molecule has 1 aliphatic carbocycles. The standard InChI is InChI=1S/C27H31N5O6/c1-15(33)29-19-8-6-16-12-22(36-3)26(37-4)27(38-5)25(16)17-7-9-20(21(34)13-18(17)19)28-14-24(35)30-23-10-11-32(2)31-23/h7,9-13,19H,6,8,14H2,1-5H3,(H,28,34)(H,29,33)(H,30,31,35)/t19-/m0/s1. The summed E-state index contributed by atoms with van der Waals surface area (Å²) in [5, 5.41) is 12.7. The number of nitrogens with zero attached hydrogens (tertiary/aromatic N) is 2. The van der Waals surface area contributed by atoms with Crippen LogP contribution >= 0.6 is 0 Å². The zero-order valence-electron chi connectivity index (χ0n) is 22.0. The van der Waals surface area contributed by atoms with Crippen molar-refractivity contribution < 1.29 is 23.8 Å². The molecule has 38 heavy (non-hydrogen) atoms. The number of anilines is 2. The normalized spacial score (nSPS) is 13.9. The monoisotopic (exact) mass is 521 g/mol. The summed E-state index contributed by atoms with van der Waals surface area (Å²) in [6.45, 7) is 1.30. The van der Waals surface area contributed by atoms with Gasteiger partial charge in [0, 0.05) is 31.8 Å². The van der Waals surface area contributed by atoms with Gasteiger partial charge in [-0.05, 0) is 47.7 Å². The van der Waals surface area contributed by atoms with E-state index < -0.39 is 6.04 Å². The molecule has 0 saturated carbocycles. The Bertz CT molecular complexity index is 1430. The van der Waals surface area contributed by atoms with Gasteiger partial charge in [-0.15, -0.1) is 0 Å². The summed E-state index contributed by atoms with van der Waals surface area (Å²) in [6, 6.07) is 8.07. The maximum Gasteiger partial charge on any atom is 0.244 e. The van der Waals surface area contributed by atoms with E-state index >= 15 is 0 Å². The van der Waals surface area contributed by atoms with Crippen molar-refractivity contribution in [3.8, 4) is 28.4 Å². The highest BCUT2D eigenvalue weighted by molar-refractivity contribution is 5.93. The minimum absolute atomic E-state index is 0.138. The fourth-order valence-electron chi connectivity index (χ4n) is 4.70. The highest BCUT2D eigenvalue weighted by Crippen LogP contribution is 2.50. The summed E-state index contributed by atoms with van der Waals surface area (Å²) >= 11 is 0. The Balaban J connectivity index is 1.79. The van der Waals surface area contributed by atoms with Gasteiger partial charge in [-0.1, -0.05) is 6.07 Å². The van der Waals surface area contributed by atoms with E-state index in [2.05, 4.69) is 21.0 Å². The van der Waals surface area contributed by atoms with E-state index in [1.54, 1.807) is 50.3 Å². The number of methoxy groups -OCH3 is 3. The average molecular weight is 522 g/mol. The second kappa shape index (κ2) is 11.2. The van der Waals surface area contributed by atoms with Crippen molar-refractivity contribution in [2.45, 2.75) is 25.8 Å². The lowest BCUT2D eigenvalue weighted by Gasteiger charge is -2.19. The van der Waals surface area contributed by atoms with Gasteiger partial charge in [0.2, 0.25) is 23.0 Å². The van der Waals surface area contributed by atoms with Crippen LogP contribution in [0.25, 0.3) is 11.1 Å². The molecule has 0 saturated heterocycles. The van der Waals surface area contributed by atoms with Gasteiger partial charge >= 0.3 is 0 Å². The topological polar surface area (TPSA) is 133 Å². The predicted molar refractivity (Wildman–Crippen MR) is 143 cm³/mol. The predicted octanol–water partition coefficient (Wildman–Crippen LogP) is 2.65. The lowest BCUT2D eigenvalue weighted by Crippen LogP contribution is -2.27. The van der Waals surface area contributed by atoms with Crippen LogP contribution in [0.4, 0.5) is 11.5 Å². The van der Waals surface area contributed by atoms with Gasteiger partial charge in [0.15, 0.2) is 17.3 Å². The van der Waals surface area contributed by atoms with Gasteiger partial charge in [-0.25, -0.2) is 0 Å². The van der Waals surface area contributed by atoms with E-state index in [9.17, 15) is 14.4 Å². The highest BCUT2D eigenvalue weighted by atomic mass is 16.5. The van der Waals surface area contributed by atoms with E-state index in [-0.39, 0.29) is 29.5 Å². The van der Waals surface area contributed by atoms with E-state index in [1.807, 2.05) is 6.07 Å². The fourth-order valence-corrected chi connectivity index (χ4v) is 4.70. The van der Waals surface area contributed by atoms with Crippen molar-refractivity contribution in [2.24, 2.45) is 7.05 Å². The third-order valence-corrected chi connectivity index (χ3v) is 6.34. The quantitative estimate of drug-likeness (QED) is 0.412. The van der Waals surface area contributed by atoms with E-state index in [0.717, 1.165) is 11.1 Å². The molecule has 2 aromatic carbocycles. The summed E-state index contributed by atoms with van der Waals surface area (Å²) < 4.78 is 18.5. The van der Waals surface area contributed by atoms with Crippen LogP contribution in [0.15, 0.2) is 41.3 Å². The molecule has 0 spiro atoms. The van der Waals surface area contributed by atoms with Crippen LogP contribution in [0.1, 0.15) is 30.5 Å². The molecule has 0 unspecified atom stereocenters. The molecule has 0 aliphatic heterocycles. The molecule has 1 aromatic heterocycles. The number of nitrogens with one attached hydrogen (secondary N) is 3. The van der Waals surface area contributed by atoms with Crippen LogP contribution < -0.4 is 35.6 Å². The molecule has 200 valence electrons. The first-order chi connectivity index (χ1) is 18.2. The number of hydrogen-bond donors (Lipinski definition) is 3. The molecule has 0 bridgehead atoms. The van der Waals surface area contributed by atoms with Crippen molar-refractivity contribution in [3.63, 3.8) is 0 Å². The third kappa shape index (κ3) is 5.41. The maximum absolute atomic E-state index is 13.3. The molecule has 11 nitrogen and oxygen atoms in total. The molecule has 1 aliphatic rings. The second-order valence-electron chi connectivity index (χ2n) is 8.87. The number of rotatable bonds is 8. The van der Waals surface area contributed by atoms with Crippen LogP contribution in [-0.2, 0) is 23.1 Å². The number of aromatic nitrogens is 2. The largest absolute Gasteiger partial charge is 0.493 e. The van der Waals surface area contributed by atoms with Crippen molar-refractivity contribution >= 4 is 23.3 Å². The molecule has 1 atom stereocenters. The second-order valence-corrected chi connectivity index (χ2v) is 8.87. The Morgan fingerprint density at radius 3 is 2.47 bits per heavy atom. The zero-order valence-corrected chi connectivity index (χ0v) is 22.0. The fraction of sp³-hybridized carbons (Fsp3) is 0.333. The van der Waals surface area contributed by atoms with Crippen LogP contribution in [0.3, 0.4) is 0 Å². The van der Waals surface area contributed by atoms with E-state index in [0.29, 0.717) is 47.0 Å². The molecule has 1 heterocycles. The molecule has 3 aromatic rings. The molecule has 3 N–H and O–H groups in total. The highest BCUT2D eigenvalue weighted by Gasteiger charge is 2.29. The maximum atomic E-state index is 13.3. The summed E-state index contributed by atoms with van der Waals surface area (Å²) in [7, 11) is 6.38. The van der Waals surface area contributed by atoms with Crippen LogP contribution in [0.5, 0.6) is 17.2 Å². The number of fused-ring (bicyclic) bond motifs is 3. The summed E-state index contributed by atoms with van der Waals surface area (Å²) in [5.74, 6) is 1.27. The van der Waals surface area contributed by atoms with Crippen molar-refractivity contribution in [1.82, 2.24) is 15.1 Å². The Labute approximate surface area is 220 Å². The summed E-state index contributed by atoms with van der Waals surface area (Å²) in [6.07, 6.45) is 2.87. The minimum atomic E-state index is -0.419.